The molecule has 84 valence electrons. The van der Waals surface area contributed by atoms with Crippen molar-refractivity contribution in [1.29, 1.82) is 0 Å². The second-order valence-electron chi connectivity index (χ2n) is 3.75. The van der Waals surface area contributed by atoms with Gasteiger partial charge in [-0.25, -0.2) is 4.39 Å². The van der Waals surface area contributed by atoms with E-state index in [0.29, 0.717) is 12.1 Å². The minimum atomic E-state index is -0.163. The molecule has 1 aromatic rings. The number of nitrogens with two attached hydrogens (primary N) is 1. The molecule has 0 aliphatic carbocycles. The molecule has 1 atom stereocenters. The SMILES string of the molecule is CCCNC(CN)c1ccc(C)c(F)c1. The molecular formula is C12H19FN2. The van der Waals surface area contributed by atoms with Crippen LogP contribution in [0.1, 0.15) is 30.5 Å². The van der Waals surface area contributed by atoms with E-state index in [9.17, 15) is 4.39 Å². The van der Waals surface area contributed by atoms with Gasteiger partial charge in [0.15, 0.2) is 0 Å². The highest BCUT2D eigenvalue weighted by atomic mass is 19.1. The molecule has 0 aliphatic rings. The Labute approximate surface area is 90.7 Å². The first-order valence-corrected chi connectivity index (χ1v) is 5.38. The third kappa shape index (κ3) is 3.29. The van der Waals surface area contributed by atoms with E-state index in [0.717, 1.165) is 18.5 Å². The van der Waals surface area contributed by atoms with E-state index in [1.165, 1.54) is 0 Å². The van der Waals surface area contributed by atoms with Gasteiger partial charge in [0.05, 0.1) is 0 Å². The van der Waals surface area contributed by atoms with Gasteiger partial charge in [-0.1, -0.05) is 19.1 Å². The van der Waals surface area contributed by atoms with Crippen molar-refractivity contribution in [2.45, 2.75) is 26.3 Å². The Bertz CT molecular complexity index is 312. The van der Waals surface area contributed by atoms with Crippen LogP contribution in [0.25, 0.3) is 0 Å². The van der Waals surface area contributed by atoms with E-state index in [2.05, 4.69) is 12.2 Å². The number of halogens is 1. The van der Waals surface area contributed by atoms with Gasteiger partial charge in [0.2, 0.25) is 0 Å². The summed E-state index contributed by atoms with van der Waals surface area (Å²) in [7, 11) is 0. The van der Waals surface area contributed by atoms with Gasteiger partial charge in [0.1, 0.15) is 5.82 Å². The van der Waals surface area contributed by atoms with E-state index in [1.807, 2.05) is 6.07 Å². The summed E-state index contributed by atoms with van der Waals surface area (Å²) in [5, 5.41) is 3.29. The summed E-state index contributed by atoms with van der Waals surface area (Å²) < 4.78 is 13.3. The third-order valence-electron chi connectivity index (χ3n) is 2.47. The lowest BCUT2D eigenvalue weighted by Crippen LogP contribution is -2.28. The average Bonchev–Trinajstić information content (AvgIpc) is 2.24. The van der Waals surface area contributed by atoms with Crippen LogP contribution in [-0.2, 0) is 0 Å². The van der Waals surface area contributed by atoms with Gasteiger partial charge in [0, 0.05) is 12.6 Å². The molecule has 0 bridgehead atoms. The minimum absolute atomic E-state index is 0.0556. The van der Waals surface area contributed by atoms with Crippen molar-refractivity contribution in [3.05, 3.63) is 35.1 Å². The topological polar surface area (TPSA) is 38.0 Å². The minimum Gasteiger partial charge on any atom is -0.329 e. The molecule has 0 fully saturated rings. The molecule has 3 N–H and O–H groups in total. The van der Waals surface area contributed by atoms with Crippen LogP contribution in [-0.4, -0.2) is 13.1 Å². The summed E-state index contributed by atoms with van der Waals surface area (Å²) in [6.45, 7) is 5.24. The fraction of sp³-hybridized carbons (Fsp3) is 0.500. The van der Waals surface area contributed by atoms with Crippen molar-refractivity contribution < 1.29 is 4.39 Å². The molecule has 0 aromatic heterocycles. The Morgan fingerprint density at radius 3 is 2.73 bits per heavy atom. The summed E-state index contributed by atoms with van der Waals surface area (Å²) in [5.41, 5.74) is 7.25. The summed E-state index contributed by atoms with van der Waals surface area (Å²) in [5.74, 6) is -0.163. The van der Waals surface area contributed by atoms with E-state index in [1.54, 1.807) is 19.1 Å². The molecule has 1 unspecified atom stereocenters. The van der Waals surface area contributed by atoms with Crippen LogP contribution >= 0.6 is 0 Å². The van der Waals surface area contributed by atoms with E-state index < -0.39 is 0 Å². The Morgan fingerprint density at radius 1 is 1.47 bits per heavy atom. The summed E-state index contributed by atoms with van der Waals surface area (Å²) >= 11 is 0. The number of rotatable bonds is 5. The van der Waals surface area contributed by atoms with Gasteiger partial charge in [-0.2, -0.15) is 0 Å². The maximum Gasteiger partial charge on any atom is 0.126 e. The Balaban J connectivity index is 2.78. The first-order chi connectivity index (χ1) is 7.19. The second-order valence-corrected chi connectivity index (χ2v) is 3.75. The molecule has 1 aromatic carbocycles. The van der Waals surface area contributed by atoms with Crippen LogP contribution < -0.4 is 11.1 Å². The number of nitrogens with one attached hydrogen (secondary N) is 1. The van der Waals surface area contributed by atoms with Gasteiger partial charge in [0.25, 0.3) is 0 Å². The second kappa shape index (κ2) is 5.83. The molecule has 0 heterocycles. The van der Waals surface area contributed by atoms with Crippen LogP contribution in [0.15, 0.2) is 18.2 Å². The van der Waals surface area contributed by atoms with Crippen molar-refractivity contribution in [3.8, 4) is 0 Å². The highest BCUT2D eigenvalue weighted by molar-refractivity contribution is 5.26. The Hall–Kier alpha value is -0.930. The van der Waals surface area contributed by atoms with Crippen LogP contribution in [0, 0.1) is 12.7 Å². The van der Waals surface area contributed by atoms with E-state index in [-0.39, 0.29) is 11.9 Å². The number of hydrogen-bond donors (Lipinski definition) is 2. The zero-order chi connectivity index (χ0) is 11.3. The van der Waals surface area contributed by atoms with Crippen molar-refractivity contribution in [2.75, 3.05) is 13.1 Å². The van der Waals surface area contributed by atoms with Crippen LogP contribution in [0.5, 0.6) is 0 Å². The number of aryl methyl sites for hydroxylation is 1. The highest BCUT2D eigenvalue weighted by Crippen LogP contribution is 2.15. The zero-order valence-corrected chi connectivity index (χ0v) is 9.39. The molecule has 1 rings (SSSR count). The quantitative estimate of drug-likeness (QED) is 0.781. The first-order valence-electron chi connectivity index (χ1n) is 5.38. The fourth-order valence-corrected chi connectivity index (χ4v) is 1.48. The van der Waals surface area contributed by atoms with E-state index >= 15 is 0 Å². The highest BCUT2D eigenvalue weighted by Gasteiger charge is 2.09. The fourth-order valence-electron chi connectivity index (χ4n) is 1.48. The smallest absolute Gasteiger partial charge is 0.126 e. The lowest BCUT2D eigenvalue weighted by molar-refractivity contribution is 0.533. The van der Waals surface area contributed by atoms with Crippen LogP contribution in [0.2, 0.25) is 0 Å². The lowest BCUT2D eigenvalue weighted by Gasteiger charge is -2.17. The van der Waals surface area contributed by atoms with Gasteiger partial charge in [-0.15, -0.1) is 0 Å². The van der Waals surface area contributed by atoms with Crippen LogP contribution in [0.3, 0.4) is 0 Å². The maximum absolute atomic E-state index is 13.3. The molecule has 0 amide bonds. The van der Waals surface area contributed by atoms with Gasteiger partial charge in [-0.05, 0) is 37.1 Å². The lowest BCUT2D eigenvalue weighted by atomic mass is 10.0. The Kier molecular flexibility index (Phi) is 4.72. The molecule has 0 aliphatic heterocycles. The molecule has 2 nitrogen and oxygen atoms in total. The third-order valence-corrected chi connectivity index (χ3v) is 2.47. The molecule has 0 saturated carbocycles. The van der Waals surface area contributed by atoms with Crippen molar-refractivity contribution in [1.82, 2.24) is 5.32 Å². The molecule has 0 spiro atoms. The summed E-state index contributed by atoms with van der Waals surface area (Å²) in [4.78, 5) is 0. The summed E-state index contributed by atoms with van der Waals surface area (Å²) in [6.07, 6.45) is 1.05. The first kappa shape index (κ1) is 12.1. The molecular weight excluding hydrogens is 191 g/mol. The standard InChI is InChI=1S/C12H19FN2/c1-3-6-15-12(8-14)10-5-4-9(2)11(13)7-10/h4-5,7,12,15H,3,6,8,14H2,1-2H3. The normalized spacial score (nSPS) is 12.8. The van der Waals surface area contributed by atoms with Crippen molar-refractivity contribution in [2.24, 2.45) is 5.73 Å². The largest absolute Gasteiger partial charge is 0.329 e. The zero-order valence-electron chi connectivity index (χ0n) is 9.39. The predicted molar refractivity (Wildman–Crippen MR) is 61.2 cm³/mol. The van der Waals surface area contributed by atoms with Gasteiger partial charge >= 0.3 is 0 Å². The van der Waals surface area contributed by atoms with Crippen LogP contribution in [0.4, 0.5) is 4.39 Å². The maximum atomic E-state index is 13.3. The van der Waals surface area contributed by atoms with Crippen molar-refractivity contribution in [3.63, 3.8) is 0 Å². The number of benzene rings is 1. The summed E-state index contributed by atoms with van der Waals surface area (Å²) in [6, 6.07) is 5.34. The molecule has 0 radical (unpaired) electrons. The van der Waals surface area contributed by atoms with Crippen molar-refractivity contribution >= 4 is 0 Å². The average molecular weight is 210 g/mol. The molecule has 3 heteroatoms. The molecule has 15 heavy (non-hydrogen) atoms. The molecule has 0 saturated heterocycles. The van der Waals surface area contributed by atoms with Gasteiger partial charge in [-0.3, -0.25) is 0 Å². The van der Waals surface area contributed by atoms with Gasteiger partial charge < -0.3 is 11.1 Å². The Morgan fingerprint density at radius 2 is 2.20 bits per heavy atom. The monoisotopic (exact) mass is 210 g/mol. The van der Waals surface area contributed by atoms with E-state index in [4.69, 9.17) is 5.73 Å². The predicted octanol–water partition coefficient (Wildman–Crippen LogP) is 2.13. The number of hydrogen-bond acceptors (Lipinski definition) is 2.